The van der Waals surface area contributed by atoms with Crippen LogP contribution in [0.1, 0.15) is 53.2 Å². The monoisotopic (exact) mass is 472 g/mol. The van der Waals surface area contributed by atoms with Crippen molar-refractivity contribution in [2.75, 3.05) is 19.4 Å². The Hall–Kier alpha value is -2.79. The highest BCUT2D eigenvalue weighted by atomic mass is 16.7. The van der Waals surface area contributed by atoms with Gasteiger partial charge in [0.05, 0.1) is 12.9 Å². The highest BCUT2D eigenvalue weighted by Gasteiger charge is 2.63. The summed E-state index contributed by atoms with van der Waals surface area (Å²) in [7, 11) is 1.62. The van der Waals surface area contributed by atoms with Crippen molar-refractivity contribution in [3.8, 4) is 0 Å². The first-order valence-electron chi connectivity index (χ1n) is 11.8. The number of carbonyl (C=O) groups is 2. The second kappa shape index (κ2) is 7.88. The second-order valence-corrected chi connectivity index (χ2v) is 10.4. The van der Waals surface area contributed by atoms with E-state index in [4.69, 9.17) is 20.0 Å². The summed E-state index contributed by atoms with van der Waals surface area (Å²) < 4.78 is 13.1. The molecule has 1 saturated heterocycles. The third-order valence-electron chi connectivity index (χ3n) is 8.75. The van der Waals surface area contributed by atoms with Crippen molar-refractivity contribution in [3.05, 3.63) is 12.7 Å². The summed E-state index contributed by atoms with van der Waals surface area (Å²) in [5.41, 5.74) is 6.71. The van der Waals surface area contributed by atoms with Gasteiger partial charge in [-0.2, -0.15) is 5.06 Å². The zero-order valence-electron chi connectivity index (χ0n) is 20.2. The number of hydrogen-bond acceptors (Lipinski definition) is 10. The van der Waals surface area contributed by atoms with Crippen LogP contribution in [0.5, 0.6) is 0 Å². The van der Waals surface area contributed by atoms with Crippen LogP contribution in [0.3, 0.4) is 0 Å². The van der Waals surface area contributed by atoms with Gasteiger partial charge in [-0.3, -0.25) is 19.0 Å². The predicted octanol–water partition coefficient (Wildman–Crippen LogP) is 2.09. The second-order valence-electron chi connectivity index (χ2n) is 10.4. The van der Waals surface area contributed by atoms with Crippen molar-refractivity contribution in [1.29, 1.82) is 0 Å². The van der Waals surface area contributed by atoms with E-state index in [2.05, 4.69) is 35.7 Å². The molecule has 2 aromatic heterocycles. The van der Waals surface area contributed by atoms with Crippen LogP contribution >= 0.6 is 0 Å². The number of nitrogen functional groups attached to an aromatic ring is 1. The average Bonchev–Trinajstić information content (AvgIpc) is 3.46. The van der Waals surface area contributed by atoms with E-state index >= 15 is 0 Å². The van der Waals surface area contributed by atoms with Gasteiger partial charge in [-0.05, 0) is 37.5 Å². The molecule has 2 saturated carbocycles. The molecule has 2 aliphatic carbocycles. The topological polar surface area (TPSA) is 135 Å². The number of ether oxygens (including phenoxy) is 2. The Morgan fingerprint density at radius 3 is 2.65 bits per heavy atom. The van der Waals surface area contributed by atoms with Gasteiger partial charge in [-0.25, -0.2) is 15.0 Å². The molecular weight excluding hydrogens is 440 g/mol. The van der Waals surface area contributed by atoms with E-state index in [1.165, 1.54) is 17.7 Å². The van der Waals surface area contributed by atoms with E-state index in [0.717, 1.165) is 19.3 Å². The summed E-state index contributed by atoms with van der Waals surface area (Å²) in [6, 6.07) is -0.980. The van der Waals surface area contributed by atoms with Gasteiger partial charge < -0.3 is 15.2 Å². The van der Waals surface area contributed by atoms with Crippen molar-refractivity contribution >= 4 is 28.9 Å². The minimum Gasteiger partial charge on any atom is -0.466 e. The maximum atomic E-state index is 13.6. The number of esters is 2. The number of fused-ring (bicyclic) bond motifs is 3. The smallest absolute Gasteiger partial charge is 0.327 e. The van der Waals surface area contributed by atoms with Gasteiger partial charge in [0.15, 0.2) is 23.7 Å². The predicted molar refractivity (Wildman–Crippen MR) is 121 cm³/mol. The molecule has 34 heavy (non-hydrogen) atoms. The van der Waals surface area contributed by atoms with Gasteiger partial charge >= 0.3 is 11.9 Å². The Bertz CT molecular complexity index is 1130. The minimum absolute atomic E-state index is 0.0917. The van der Waals surface area contributed by atoms with E-state index in [-0.39, 0.29) is 29.4 Å². The van der Waals surface area contributed by atoms with Crippen molar-refractivity contribution in [3.63, 3.8) is 0 Å². The average molecular weight is 473 g/mol. The van der Waals surface area contributed by atoms with Crippen LogP contribution in [0.25, 0.3) is 11.2 Å². The number of aromatic nitrogens is 4. The summed E-state index contributed by atoms with van der Waals surface area (Å²) >= 11 is 0. The van der Waals surface area contributed by atoms with Gasteiger partial charge in [0.2, 0.25) is 0 Å². The first-order chi connectivity index (χ1) is 16.1. The maximum absolute atomic E-state index is 13.6. The quantitative estimate of drug-likeness (QED) is 0.644. The van der Waals surface area contributed by atoms with Crippen LogP contribution in [0.4, 0.5) is 5.82 Å². The largest absolute Gasteiger partial charge is 0.466 e. The lowest BCUT2D eigenvalue weighted by Gasteiger charge is -2.39. The fourth-order valence-corrected chi connectivity index (χ4v) is 6.26. The molecule has 0 spiro atoms. The number of anilines is 1. The molecule has 2 bridgehead atoms. The maximum Gasteiger partial charge on any atom is 0.327 e. The van der Waals surface area contributed by atoms with Crippen LogP contribution in [0.15, 0.2) is 12.7 Å². The Morgan fingerprint density at radius 2 is 2.00 bits per heavy atom. The number of carbonyl (C=O) groups excluding carboxylic acids is 2. The summed E-state index contributed by atoms with van der Waals surface area (Å²) in [6.45, 7) is 8.62. The van der Waals surface area contributed by atoms with Crippen LogP contribution in [-0.2, 0) is 23.9 Å². The molecule has 0 unspecified atom stereocenters. The van der Waals surface area contributed by atoms with Gasteiger partial charge in [0.1, 0.15) is 23.9 Å². The molecule has 11 nitrogen and oxygen atoms in total. The molecule has 3 heterocycles. The van der Waals surface area contributed by atoms with E-state index in [9.17, 15) is 9.59 Å². The molecule has 5 rings (SSSR count). The molecular formula is C23H32N6O5. The SMILES string of the molecule is CCOC(=O)[C@H]1[C@@H](C(=O)O[C@@H]2C[C@@H]3CC[C@@]2(C)C3(C)C)N(C)O[C@@H]1n1cnc2c(N)ncnc21. The minimum atomic E-state index is -0.981. The molecule has 11 heteroatoms. The van der Waals surface area contributed by atoms with Crippen LogP contribution < -0.4 is 5.73 Å². The summed E-state index contributed by atoms with van der Waals surface area (Å²) in [4.78, 5) is 45.2. The summed E-state index contributed by atoms with van der Waals surface area (Å²) in [5.74, 6) is -1.29. The van der Waals surface area contributed by atoms with Crippen LogP contribution in [0, 0.1) is 22.7 Å². The first kappa shape index (κ1) is 23.0. The molecule has 0 aromatic carbocycles. The number of nitrogens with zero attached hydrogens (tertiary/aromatic N) is 5. The highest BCUT2D eigenvalue weighted by molar-refractivity contribution is 5.86. The number of nitrogens with two attached hydrogens (primary N) is 1. The Morgan fingerprint density at radius 1 is 1.24 bits per heavy atom. The third-order valence-corrected chi connectivity index (χ3v) is 8.75. The lowest BCUT2D eigenvalue weighted by molar-refractivity contribution is -0.188. The van der Waals surface area contributed by atoms with Gasteiger partial charge in [0, 0.05) is 12.5 Å². The number of rotatable bonds is 5. The third kappa shape index (κ3) is 3.13. The Balaban J connectivity index is 1.46. The number of hydrogen-bond donors (Lipinski definition) is 1. The van der Waals surface area contributed by atoms with Crippen LogP contribution in [0.2, 0.25) is 0 Å². The number of likely N-dealkylation sites (N-methyl/N-ethyl adjacent to an activating group) is 1. The summed E-state index contributed by atoms with van der Waals surface area (Å²) in [5, 5.41) is 1.38. The molecule has 0 radical (unpaired) electrons. The highest BCUT2D eigenvalue weighted by Crippen LogP contribution is 2.66. The number of hydroxylamine groups is 2. The lowest BCUT2D eigenvalue weighted by atomic mass is 9.70. The lowest BCUT2D eigenvalue weighted by Crippen LogP contribution is -2.46. The van der Waals surface area contributed by atoms with E-state index in [1.54, 1.807) is 18.5 Å². The zero-order valence-corrected chi connectivity index (χ0v) is 20.2. The van der Waals surface area contributed by atoms with Crippen LogP contribution in [-0.4, -0.2) is 62.3 Å². The summed E-state index contributed by atoms with van der Waals surface area (Å²) in [6.07, 6.45) is 4.69. The fraction of sp³-hybridized carbons (Fsp3) is 0.696. The molecule has 0 amide bonds. The number of imidazole rings is 1. The normalized spacial score (nSPS) is 34.6. The molecule has 2 aromatic rings. The standard InChI is InChI=1S/C23H32N6O5/c1-6-32-20(30)14-16(21(31)33-13-9-12-7-8-23(13,4)22(12,2)3)28(5)34-19(14)29-11-27-15-17(24)25-10-26-18(15)29/h10-14,16,19H,6-9H2,1-5H3,(H2,24,25,26)/t12-,13+,14-,16-,19-,23+/m0/s1. The van der Waals surface area contributed by atoms with Crippen molar-refractivity contribution in [2.45, 2.75) is 65.3 Å². The molecule has 184 valence electrons. The fourth-order valence-electron chi connectivity index (χ4n) is 6.26. The molecule has 1 aliphatic heterocycles. The van der Waals surface area contributed by atoms with E-state index in [0.29, 0.717) is 17.1 Å². The molecule has 2 N–H and O–H groups in total. The Labute approximate surface area is 197 Å². The van der Waals surface area contributed by atoms with Crippen molar-refractivity contribution in [1.82, 2.24) is 24.6 Å². The van der Waals surface area contributed by atoms with Crippen molar-refractivity contribution < 1.29 is 23.9 Å². The van der Waals surface area contributed by atoms with Gasteiger partial charge in [-0.15, -0.1) is 0 Å². The van der Waals surface area contributed by atoms with Gasteiger partial charge in [0.25, 0.3) is 0 Å². The molecule has 3 aliphatic rings. The molecule has 3 fully saturated rings. The van der Waals surface area contributed by atoms with Crippen molar-refractivity contribution in [2.24, 2.45) is 22.7 Å². The Kier molecular flexibility index (Phi) is 5.32. The van der Waals surface area contributed by atoms with Gasteiger partial charge in [-0.1, -0.05) is 20.8 Å². The molecule has 6 atom stereocenters. The van der Waals surface area contributed by atoms with E-state index in [1.807, 2.05) is 0 Å². The van der Waals surface area contributed by atoms with E-state index < -0.39 is 30.1 Å². The first-order valence-corrected chi connectivity index (χ1v) is 11.8. The zero-order chi connectivity index (χ0) is 24.4.